The van der Waals surface area contributed by atoms with Crippen molar-refractivity contribution in [2.24, 2.45) is 11.8 Å². The Labute approximate surface area is 787 Å². The van der Waals surface area contributed by atoms with Crippen LogP contribution in [-0.2, 0) is 9.59 Å². The molecule has 4 atom stereocenters. The van der Waals surface area contributed by atoms with Gasteiger partial charge >= 0.3 is 0 Å². The first-order valence-corrected chi connectivity index (χ1v) is 45.6. The fraction of sp³-hybridized carbons (Fsp3) is 0.432. The molecule has 16 rings (SSSR count). The summed E-state index contributed by atoms with van der Waals surface area (Å²) in [5, 5.41) is 2.04. The number of benzene rings is 4. The lowest BCUT2D eigenvalue weighted by molar-refractivity contribution is -0.124. The number of anilines is 4. The fourth-order valence-electron chi connectivity index (χ4n) is 17.2. The van der Waals surface area contributed by atoms with E-state index in [9.17, 15) is 28.8 Å². The number of ketones is 2. The van der Waals surface area contributed by atoms with Crippen molar-refractivity contribution in [2.75, 3.05) is 62.2 Å². The second kappa shape index (κ2) is 39.6. The van der Waals surface area contributed by atoms with Gasteiger partial charge in [-0.15, -0.1) is 0 Å². The molecule has 1 aliphatic carbocycles. The number of nitrogens with one attached hydrogen (secondary N) is 1. The predicted molar refractivity (Wildman–Crippen MR) is 502 cm³/mol. The molecule has 0 bridgehead atoms. The Morgan fingerprint density at radius 3 is 0.932 bits per heavy atom. The Morgan fingerprint density at radius 2 is 0.677 bits per heavy atom. The van der Waals surface area contributed by atoms with Crippen molar-refractivity contribution < 1.29 is 65.3 Å². The number of carbonyl (C=O) groups is 6. The van der Waals surface area contributed by atoms with Crippen LogP contribution in [0.1, 0.15) is 269 Å². The number of amides is 4. The summed E-state index contributed by atoms with van der Waals surface area (Å²) in [5.74, 6) is -2.42. The molecule has 30 nitrogen and oxygen atoms in total. The first kappa shape index (κ1) is 98.4. The van der Waals surface area contributed by atoms with Gasteiger partial charge in [0.1, 0.15) is 120 Å². The van der Waals surface area contributed by atoms with Gasteiger partial charge in [0.15, 0.2) is 29.1 Å². The maximum absolute atomic E-state index is 15.4. The summed E-state index contributed by atoms with van der Waals surface area (Å²) in [4.78, 5) is 117. The second-order valence-electron chi connectivity index (χ2n) is 35.5. The summed E-state index contributed by atoms with van der Waals surface area (Å²) in [6, 6.07) is 5.99. The summed E-state index contributed by atoms with van der Waals surface area (Å²) in [5.41, 5.74) is 30.3. The van der Waals surface area contributed by atoms with Gasteiger partial charge < -0.3 is 61.9 Å². The van der Waals surface area contributed by atoms with Crippen LogP contribution in [0.2, 0.25) is 20.1 Å². The van der Waals surface area contributed by atoms with Crippen LogP contribution in [0.15, 0.2) is 73.8 Å². The van der Waals surface area contributed by atoms with Gasteiger partial charge in [-0.2, -0.15) is 0 Å². The van der Waals surface area contributed by atoms with Crippen molar-refractivity contribution >= 4 is 127 Å². The SMILES string of the molecule is CC(=O)C1(NC(=O)c2c(F)c(Cl)cc(C(C)c3nc(C)c4c(N)nccn34)c2OC(C)C)CC1.CC(=O)C1CN(C(=O)c2c(F)c(Cl)cc(C(C)c3nc(C)c4c(N)nccn34)c2OC(C)C)C1.Cc1nc(C(C)c2cc(Cl)c(F)c(C(=O)N3CC(C)C3)c2OC(C)C)n2ccnc(N)c12.Cc1nc(C(C)c2cc(Cl)c(F)c(C(=O)N3CCCCC3)c2OC(C)C)n2ccnc(N)c12. The molecule has 11 heterocycles. The van der Waals surface area contributed by atoms with E-state index in [1.54, 1.807) is 87.1 Å². The zero-order valence-corrected chi connectivity index (χ0v) is 80.6. The number of Topliss-reactive ketones (excluding diaryl/α,β-unsaturated/α-hetero) is 2. The molecule has 4 aromatic carbocycles. The third-order valence-corrected chi connectivity index (χ3v) is 25.3. The molecule has 3 aliphatic heterocycles. The summed E-state index contributed by atoms with van der Waals surface area (Å²) >= 11 is 25.2. The molecule has 4 fully saturated rings. The number of fused-ring (bicyclic) bond motifs is 4. The highest BCUT2D eigenvalue weighted by molar-refractivity contribution is 6.32. The third-order valence-electron chi connectivity index (χ3n) is 24.2. The Bertz CT molecular complexity index is 6570. The van der Waals surface area contributed by atoms with Gasteiger partial charge in [0.25, 0.3) is 23.6 Å². The number of likely N-dealkylation sites (tertiary alicyclic amines) is 3. The maximum atomic E-state index is 15.4. The van der Waals surface area contributed by atoms with Crippen molar-refractivity contribution in [3.8, 4) is 23.0 Å². The minimum Gasteiger partial charge on any atom is -0.490 e. The highest BCUT2D eigenvalue weighted by Gasteiger charge is 2.50. The minimum absolute atomic E-state index is 0.00102. The molecule has 0 radical (unpaired) electrons. The monoisotopic (exact) mass is 1910 g/mol. The topological polar surface area (TPSA) is 386 Å². The average molecular weight is 1910 g/mol. The van der Waals surface area contributed by atoms with E-state index in [0.717, 1.165) is 30.7 Å². The predicted octanol–water partition coefficient (Wildman–Crippen LogP) is 17.6. The first-order valence-electron chi connectivity index (χ1n) is 44.1. The number of aryl methyl sites for hydroxylation is 4. The van der Waals surface area contributed by atoms with Crippen LogP contribution in [-0.4, -0.2) is 177 Å². The number of nitrogens with zero attached hydrogens (tertiary/aromatic N) is 15. The lowest BCUT2D eigenvalue weighted by Crippen LogP contribution is -2.52. The molecule has 9 N–H and O–H groups in total. The molecular formula is C95H110Cl4F4N20O10. The minimum atomic E-state index is -0.965. The maximum Gasteiger partial charge on any atom is 0.260 e. The third kappa shape index (κ3) is 19.5. The van der Waals surface area contributed by atoms with Gasteiger partial charge in [-0.25, -0.2) is 57.4 Å². The van der Waals surface area contributed by atoms with Gasteiger partial charge in [0.2, 0.25) is 0 Å². The van der Waals surface area contributed by atoms with E-state index in [1.807, 2.05) is 108 Å². The number of piperidine rings is 1. The Morgan fingerprint density at radius 1 is 0.414 bits per heavy atom. The molecule has 4 amide bonds. The van der Waals surface area contributed by atoms with Gasteiger partial charge in [-0.05, 0) is 159 Å². The smallest absolute Gasteiger partial charge is 0.260 e. The number of ether oxygens (including phenoxy) is 4. The molecular weight excluding hydrogens is 1800 g/mol. The average Bonchev–Trinajstić information content (AvgIpc) is 1.71. The van der Waals surface area contributed by atoms with Crippen LogP contribution in [0.4, 0.5) is 40.8 Å². The zero-order valence-electron chi connectivity index (χ0n) is 77.6. The fourth-order valence-corrected chi connectivity index (χ4v) is 18.0. The number of nitrogens with two attached hydrogens (primary N) is 4. The molecule has 133 heavy (non-hydrogen) atoms. The number of aromatic nitrogens is 12. The number of nitrogen functional groups attached to an aromatic ring is 4. The van der Waals surface area contributed by atoms with E-state index in [4.69, 9.17) is 98.3 Å². The second-order valence-corrected chi connectivity index (χ2v) is 37.2. The Kier molecular flexibility index (Phi) is 29.3. The van der Waals surface area contributed by atoms with Crippen molar-refractivity contribution in [3.63, 3.8) is 0 Å². The first-order chi connectivity index (χ1) is 62.8. The standard InChI is InChI=1S/2C24H27ClFN5O3.C24H29ClFN5O2.C23H27ClFN5O2/c1-11(2)34-21-16(12(3)23-29-13(4)20-22(27)28-6-7-31(20)23)8-17(25)19(26)18(21)24(33)30-9-15(10-30)14(5)32;1-11(2)34-20-15(12(3)22-29-13(4)19-21(27)28-8-9-31(19)22)10-16(25)18(26)17(20)23(33)30-24(6-7-24)14(5)32;1-13(2)33-21-16(14(3)23-29-15(4)20-22(27)28-8-11-31(20)23)12-17(25)19(26)18(21)24(32)30-9-6-5-7-10-30;1-11(2)32-20-15(8-16(24)18(25)17(20)23(31)29-9-12(3)10-29)13(4)22-28-14(5)19-21(26)27-6-7-30(19)22/h6-8,11-12,15H,9-10H2,1-5H3,(H2,27,28);8-12H,6-7H2,1-5H3,(H2,27,28)(H,30,33);8,11-14H,5-7,9-10H2,1-4H3,(H2,27,28);6-8,11-13H,9-10H2,1-5H3,(H2,26,27). The number of hydrogen-bond acceptors (Lipinski definition) is 22. The van der Waals surface area contributed by atoms with Crippen molar-refractivity contribution in [1.82, 2.24) is 77.5 Å². The number of halogens is 8. The van der Waals surface area contributed by atoms with Crippen molar-refractivity contribution in [2.45, 2.75) is 217 Å². The quantitative estimate of drug-likeness (QED) is 0.0371. The van der Waals surface area contributed by atoms with Crippen LogP contribution in [0.5, 0.6) is 23.0 Å². The number of hydrogen-bond donors (Lipinski definition) is 5. The molecule has 4 aliphatic rings. The number of carbonyl (C=O) groups excluding carboxylic acids is 6. The Balaban J connectivity index is 0.000000151. The van der Waals surface area contributed by atoms with Crippen molar-refractivity contribution in [1.29, 1.82) is 0 Å². The highest BCUT2D eigenvalue weighted by Crippen LogP contribution is 2.48. The molecule has 3 saturated heterocycles. The largest absolute Gasteiger partial charge is 0.490 e. The van der Waals surface area contributed by atoms with Crippen molar-refractivity contribution in [3.05, 3.63) is 208 Å². The molecule has 706 valence electrons. The van der Waals surface area contributed by atoms with Crippen LogP contribution < -0.4 is 47.2 Å². The summed E-state index contributed by atoms with van der Waals surface area (Å²) < 4.78 is 92.8. The van der Waals surface area contributed by atoms with E-state index in [1.165, 1.54) is 43.0 Å². The van der Waals surface area contributed by atoms with E-state index < -0.39 is 64.3 Å². The Hall–Kier alpha value is -12.1. The molecule has 4 unspecified atom stereocenters. The normalized spacial score (nSPS) is 15.3. The molecule has 8 aromatic heterocycles. The van der Waals surface area contributed by atoms with E-state index in [2.05, 4.69) is 35.2 Å². The lowest BCUT2D eigenvalue weighted by atomic mass is 9.92. The van der Waals surface area contributed by atoms with Crippen LogP contribution in [0.3, 0.4) is 0 Å². The molecule has 38 heteroatoms. The molecule has 0 spiro atoms. The zero-order chi connectivity index (χ0) is 97.0. The summed E-state index contributed by atoms with van der Waals surface area (Å²) in [6.07, 6.45) is 16.0. The van der Waals surface area contributed by atoms with Gasteiger partial charge in [0.05, 0.1) is 78.7 Å². The van der Waals surface area contributed by atoms with Gasteiger partial charge in [-0.1, -0.05) is 81.0 Å². The van der Waals surface area contributed by atoms with Crippen LogP contribution in [0, 0.1) is 62.8 Å². The molecule has 12 aromatic rings. The molecule has 1 saturated carbocycles. The van der Waals surface area contributed by atoms with Gasteiger partial charge in [-0.3, -0.25) is 46.4 Å². The van der Waals surface area contributed by atoms with Crippen LogP contribution in [0.25, 0.3) is 22.1 Å². The van der Waals surface area contributed by atoms with Crippen LogP contribution >= 0.6 is 46.4 Å². The summed E-state index contributed by atoms with van der Waals surface area (Å²) in [6.45, 7) is 37.2. The van der Waals surface area contributed by atoms with E-state index >= 15 is 17.6 Å². The number of imidazole rings is 4. The van der Waals surface area contributed by atoms with E-state index in [-0.39, 0.29) is 132 Å². The highest BCUT2D eigenvalue weighted by atomic mass is 35.5. The summed E-state index contributed by atoms with van der Waals surface area (Å²) in [7, 11) is 0. The number of rotatable bonds is 23. The van der Waals surface area contributed by atoms with E-state index in [0.29, 0.717) is 147 Å². The van der Waals surface area contributed by atoms with Gasteiger partial charge in [0, 0.05) is 135 Å². The lowest BCUT2D eigenvalue weighted by Gasteiger charge is -2.38.